The van der Waals surface area contributed by atoms with Gasteiger partial charge in [0.15, 0.2) is 0 Å². The van der Waals surface area contributed by atoms with Gasteiger partial charge in [-0.15, -0.1) is 13.2 Å². The Morgan fingerprint density at radius 3 is 0.826 bits per heavy atom. The van der Waals surface area contributed by atoms with E-state index in [0.717, 1.165) is 25.7 Å². The first-order valence-corrected chi connectivity index (χ1v) is 9.99. The zero-order valence-corrected chi connectivity index (χ0v) is 19.2. The van der Waals surface area contributed by atoms with Crippen molar-refractivity contribution in [2.75, 3.05) is 13.2 Å². The minimum atomic E-state index is 0. The van der Waals surface area contributed by atoms with Gasteiger partial charge in [-0.05, 0) is 0 Å². The van der Waals surface area contributed by atoms with E-state index in [-0.39, 0.29) is 32.7 Å². The normalized spacial score (nSPS) is 9.91. The fourth-order valence-electron chi connectivity index (χ4n) is 2.47. The Labute approximate surface area is 159 Å². The van der Waals surface area contributed by atoms with Crippen molar-refractivity contribution >= 4 is 0 Å². The minimum Gasteiger partial charge on any atom is -0.854 e. The summed E-state index contributed by atoms with van der Waals surface area (Å²) < 4.78 is 0. The van der Waals surface area contributed by atoms with Crippen molar-refractivity contribution in [2.45, 2.75) is 117 Å². The van der Waals surface area contributed by atoms with E-state index >= 15 is 0 Å². The molecule has 0 N–H and O–H groups in total. The third kappa shape index (κ3) is 34.8. The van der Waals surface area contributed by atoms with Gasteiger partial charge >= 0.3 is 19.5 Å². The average molecular weight is 380 g/mol. The molecule has 0 spiro atoms. The predicted octanol–water partition coefficient (Wildman–Crippen LogP) is 4.97. The van der Waals surface area contributed by atoms with Crippen LogP contribution in [0.2, 0.25) is 0 Å². The van der Waals surface area contributed by atoms with Gasteiger partial charge in [0.25, 0.3) is 0 Å². The molecule has 0 aliphatic carbocycles. The molecule has 0 bridgehead atoms. The molecule has 0 saturated heterocycles. The maximum absolute atomic E-state index is 10.1. The second-order valence-corrected chi connectivity index (χ2v) is 6.36. The molecule has 0 aromatic carbocycles. The zero-order valence-electron chi connectivity index (χ0n) is 16.3. The van der Waals surface area contributed by atoms with E-state index in [1.54, 1.807) is 0 Å². The van der Waals surface area contributed by atoms with E-state index in [2.05, 4.69) is 13.8 Å². The molecule has 0 unspecified atom stereocenters. The number of hydrogen-bond donors (Lipinski definition) is 0. The van der Waals surface area contributed by atoms with E-state index in [9.17, 15) is 10.2 Å². The Balaban J connectivity index is -0.000000333. The van der Waals surface area contributed by atoms with Gasteiger partial charge in [0, 0.05) is 0 Å². The van der Waals surface area contributed by atoms with E-state index in [4.69, 9.17) is 0 Å². The third-order valence-corrected chi connectivity index (χ3v) is 4.00. The summed E-state index contributed by atoms with van der Waals surface area (Å²) in [5.74, 6) is 0. The van der Waals surface area contributed by atoms with Crippen molar-refractivity contribution in [1.29, 1.82) is 0 Å². The maximum atomic E-state index is 10.1. The quantitative estimate of drug-likeness (QED) is 0.280. The molecule has 0 radical (unpaired) electrons. The second-order valence-electron chi connectivity index (χ2n) is 6.36. The molecule has 0 amide bonds. The van der Waals surface area contributed by atoms with Gasteiger partial charge < -0.3 is 10.2 Å². The minimum absolute atomic E-state index is 0. The SMILES string of the molecule is CCCCCCCCCC[O-].CCCCCCCCCC[O-].[Zn+2]. The van der Waals surface area contributed by atoms with Gasteiger partial charge in [0.2, 0.25) is 0 Å². The molecule has 3 heteroatoms. The Hall–Kier alpha value is 0.543. The van der Waals surface area contributed by atoms with Crippen LogP contribution in [0.15, 0.2) is 0 Å². The number of hydrogen-bond acceptors (Lipinski definition) is 2. The Morgan fingerprint density at radius 2 is 0.609 bits per heavy atom. The fraction of sp³-hybridized carbons (Fsp3) is 1.00. The molecule has 0 aromatic rings. The molecular weight excluding hydrogens is 338 g/mol. The summed E-state index contributed by atoms with van der Waals surface area (Å²) in [5, 5.41) is 20.1. The first kappa shape index (κ1) is 28.4. The molecule has 0 aromatic heterocycles. The number of rotatable bonds is 16. The fourth-order valence-corrected chi connectivity index (χ4v) is 2.47. The molecule has 0 rings (SSSR count). The van der Waals surface area contributed by atoms with Crippen LogP contribution in [-0.4, -0.2) is 13.2 Å². The standard InChI is InChI=1S/2C10H21O.Zn/c2*1-2-3-4-5-6-7-8-9-10-11;/h2*2-10H2,1H3;/q2*-1;+2. The van der Waals surface area contributed by atoms with Crippen molar-refractivity contribution in [1.82, 2.24) is 0 Å². The molecule has 0 aliphatic rings. The van der Waals surface area contributed by atoms with Crippen molar-refractivity contribution in [2.24, 2.45) is 0 Å². The van der Waals surface area contributed by atoms with Crippen LogP contribution in [0.25, 0.3) is 0 Å². The van der Waals surface area contributed by atoms with Crippen molar-refractivity contribution < 1.29 is 29.7 Å². The average Bonchev–Trinajstić information content (AvgIpc) is 2.54. The number of unbranched alkanes of at least 4 members (excludes halogenated alkanes) is 14. The Kier molecular flexibility index (Phi) is 37.5. The molecule has 0 fully saturated rings. The van der Waals surface area contributed by atoms with E-state index in [1.165, 1.54) is 77.0 Å². The van der Waals surface area contributed by atoms with Crippen LogP contribution < -0.4 is 10.2 Å². The van der Waals surface area contributed by atoms with Crippen LogP contribution in [0.3, 0.4) is 0 Å². The van der Waals surface area contributed by atoms with Crippen molar-refractivity contribution in [3.05, 3.63) is 0 Å². The summed E-state index contributed by atoms with van der Waals surface area (Å²) in [7, 11) is 0. The van der Waals surface area contributed by atoms with Crippen molar-refractivity contribution in [3.8, 4) is 0 Å². The topological polar surface area (TPSA) is 46.1 Å². The molecular formula is C20H42O2Zn. The van der Waals surface area contributed by atoms with Gasteiger partial charge in [0.05, 0.1) is 0 Å². The van der Waals surface area contributed by atoms with Gasteiger partial charge in [-0.1, -0.05) is 117 Å². The molecule has 2 nitrogen and oxygen atoms in total. The van der Waals surface area contributed by atoms with E-state index in [1.807, 2.05) is 0 Å². The van der Waals surface area contributed by atoms with Gasteiger partial charge in [-0.25, -0.2) is 0 Å². The Bertz CT molecular complexity index is 132. The molecule has 23 heavy (non-hydrogen) atoms. The van der Waals surface area contributed by atoms with Crippen LogP contribution in [0, 0.1) is 0 Å². The van der Waals surface area contributed by atoms with Crippen LogP contribution in [0.5, 0.6) is 0 Å². The summed E-state index contributed by atoms with van der Waals surface area (Å²) in [6, 6.07) is 0. The third-order valence-electron chi connectivity index (χ3n) is 4.00. The predicted molar refractivity (Wildman–Crippen MR) is 95.0 cm³/mol. The summed E-state index contributed by atoms with van der Waals surface area (Å²) in [4.78, 5) is 0. The molecule has 136 valence electrons. The van der Waals surface area contributed by atoms with Gasteiger partial charge in [0.1, 0.15) is 0 Å². The molecule has 0 saturated carbocycles. The smallest absolute Gasteiger partial charge is 0.854 e. The first-order valence-electron chi connectivity index (χ1n) is 9.99. The van der Waals surface area contributed by atoms with Crippen LogP contribution in [0.4, 0.5) is 0 Å². The van der Waals surface area contributed by atoms with E-state index < -0.39 is 0 Å². The monoisotopic (exact) mass is 378 g/mol. The summed E-state index contributed by atoms with van der Waals surface area (Å²) in [6.45, 7) is 4.71. The van der Waals surface area contributed by atoms with Gasteiger partial charge in [-0.2, -0.15) is 0 Å². The van der Waals surface area contributed by atoms with Crippen LogP contribution >= 0.6 is 0 Å². The molecule has 0 aliphatic heterocycles. The largest absolute Gasteiger partial charge is 2.00 e. The zero-order chi connectivity index (χ0) is 16.7. The maximum Gasteiger partial charge on any atom is 2.00 e. The first-order chi connectivity index (χ1) is 10.8. The van der Waals surface area contributed by atoms with Crippen molar-refractivity contribution in [3.63, 3.8) is 0 Å². The summed E-state index contributed by atoms with van der Waals surface area (Å²) in [5.41, 5.74) is 0. The summed E-state index contributed by atoms with van der Waals surface area (Å²) >= 11 is 0. The second kappa shape index (κ2) is 30.4. The van der Waals surface area contributed by atoms with Crippen LogP contribution in [-0.2, 0) is 19.5 Å². The van der Waals surface area contributed by atoms with Crippen LogP contribution in [0.1, 0.15) is 117 Å². The molecule has 0 heterocycles. The van der Waals surface area contributed by atoms with E-state index in [0.29, 0.717) is 0 Å². The van der Waals surface area contributed by atoms with Gasteiger partial charge in [-0.3, -0.25) is 0 Å². The Morgan fingerprint density at radius 1 is 0.391 bits per heavy atom. The summed E-state index contributed by atoms with van der Waals surface area (Å²) in [6.07, 6.45) is 20.2. The molecule has 0 atom stereocenters.